The second-order valence-corrected chi connectivity index (χ2v) is 6.22. The molecule has 0 atom stereocenters. The summed E-state index contributed by atoms with van der Waals surface area (Å²) in [6.07, 6.45) is 1.77. The predicted octanol–water partition coefficient (Wildman–Crippen LogP) is 2.70. The molecule has 0 amide bonds. The number of rotatable bonds is 3. The van der Waals surface area contributed by atoms with Gasteiger partial charge in [0.05, 0.1) is 11.3 Å². The predicted molar refractivity (Wildman–Crippen MR) is 89.2 cm³/mol. The Hall–Kier alpha value is -2.41. The number of aryl methyl sites for hydroxylation is 1. The van der Waals surface area contributed by atoms with Gasteiger partial charge in [0.1, 0.15) is 5.58 Å². The van der Waals surface area contributed by atoms with Crippen molar-refractivity contribution in [3.8, 4) is 0 Å². The number of hydrogen-bond acceptors (Lipinski definition) is 6. The van der Waals surface area contributed by atoms with Crippen molar-refractivity contribution >= 4 is 28.4 Å². The standard InChI is InChI=1S/C16H14N4O2S/c1-2-5-14-17-18-16-20(14)19-12(9-23-16)11-8-10-6-3-4-7-13(10)22-15(11)21/h3-4,6-8H,2,5,9H2,1H3. The zero-order chi connectivity index (χ0) is 15.8. The number of thioether (sulfide) groups is 1. The van der Waals surface area contributed by atoms with E-state index in [9.17, 15) is 4.79 Å². The maximum atomic E-state index is 12.3. The van der Waals surface area contributed by atoms with Crippen molar-refractivity contribution in [1.29, 1.82) is 0 Å². The van der Waals surface area contributed by atoms with Crippen LogP contribution in [0, 0.1) is 0 Å². The average molecular weight is 326 g/mol. The van der Waals surface area contributed by atoms with Crippen LogP contribution in [0.15, 0.2) is 49.8 Å². The van der Waals surface area contributed by atoms with Crippen molar-refractivity contribution in [3.63, 3.8) is 0 Å². The van der Waals surface area contributed by atoms with Gasteiger partial charge in [0, 0.05) is 17.6 Å². The summed E-state index contributed by atoms with van der Waals surface area (Å²) in [5.74, 6) is 1.39. The van der Waals surface area contributed by atoms with Crippen molar-refractivity contribution in [2.45, 2.75) is 24.9 Å². The smallest absolute Gasteiger partial charge is 0.345 e. The summed E-state index contributed by atoms with van der Waals surface area (Å²) in [5.41, 5.74) is 1.41. The Balaban J connectivity index is 1.84. The highest BCUT2D eigenvalue weighted by Gasteiger charge is 2.21. The monoisotopic (exact) mass is 326 g/mol. The first-order valence-electron chi connectivity index (χ1n) is 7.44. The molecular weight excluding hydrogens is 312 g/mol. The van der Waals surface area contributed by atoms with E-state index in [0.717, 1.165) is 29.2 Å². The van der Waals surface area contributed by atoms with Crippen LogP contribution >= 0.6 is 11.8 Å². The van der Waals surface area contributed by atoms with E-state index >= 15 is 0 Å². The van der Waals surface area contributed by atoms with E-state index in [1.807, 2.05) is 24.3 Å². The molecule has 23 heavy (non-hydrogen) atoms. The Labute approximate surface area is 136 Å². The molecule has 0 aliphatic carbocycles. The van der Waals surface area contributed by atoms with Gasteiger partial charge in [-0.05, 0) is 18.6 Å². The largest absolute Gasteiger partial charge is 0.422 e. The van der Waals surface area contributed by atoms with Crippen molar-refractivity contribution in [2.75, 3.05) is 5.75 Å². The van der Waals surface area contributed by atoms with Crippen LogP contribution in [0.3, 0.4) is 0 Å². The summed E-state index contributed by atoms with van der Waals surface area (Å²) in [4.78, 5) is 12.3. The van der Waals surface area contributed by atoms with Gasteiger partial charge in [0.15, 0.2) is 5.82 Å². The van der Waals surface area contributed by atoms with Crippen LogP contribution in [-0.2, 0) is 6.42 Å². The molecule has 4 rings (SSSR count). The van der Waals surface area contributed by atoms with Gasteiger partial charge in [-0.2, -0.15) is 9.78 Å². The van der Waals surface area contributed by atoms with Crippen LogP contribution in [0.5, 0.6) is 0 Å². The van der Waals surface area contributed by atoms with Gasteiger partial charge >= 0.3 is 5.63 Å². The Morgan fingerprint density at radius 1 is 1.30 bits per heavy atom. The minimum atomic E-state index is -0.364. The molecule has 0 saturated carbocycles. The molecule has 1 aromatic carbocycles. The SMILES string of the molecule is CCCc1nnc2n1N=C(c1cc3ccccc3oc1=O)CS2. The molecule has 0 saturated heterocycles. The number of fused-ring (bicyclic) bond motifs is 2. The molecule has 6 nitrogen and oxygen atoms in total. The first kappa shape index (κ1) is 14.2. The van der Waals surface area contributed by atoms with Gasteiger partial charge in [-0.15, -0.1) is 10.2 Å². The normalized spacial score (nSPS) is 13.9. The summed E-state index contributed by atoms with van der Waals surface area (Å²) in [6, 6.07) is 9.32. The number of benzene rings is 1. The molecule has 0 fully saturated rings. The first-order chi connectivity index (χ1) is 11.3. The van der Waals surface area contributed by atoms with E-state index in [1.165, 1.54) is 11.8 Å². The molecule has 3 aromatic rings. The number of hydrogen-bond donors (Lipinski definition) is 0. The van der Waals surface area contributed by atoms with Crippen molar-refractivity contribution in [2.24, 2.45) is 5.10 Å². The highest BCUT2D eigenvalue weighted by atomic mass is 32.2. The topological polar surface area (TPSA) is 73.3 Å². The second-order valence-electron chi connectivity index (χ2n) is 5.28. The lowest BCUT2D eigenvalue weighted by atomic mass is 10.1. The zero-order valence-corrected chi connectivity index (χ0v) is 13.3. The highest BCUT2D eigenvalue weighted by Crippen LogP contribution is 2.24. The van der Waals surface area contributed by atoms with Gasteiger partial charge in [-0.25, -0.2) is 4.79 Å². The van der Waals surface area contributed by atoms with Crippen LogP contribution in [0.25, 0.3) is 11.0 Å². The van der Waals surface area contributed by atoms with Crippen LogP contribution in [-0.4, -0.2) is 26.3 Å². The molecule has 0 bridgehead atoms. The average Bonchev–Trinajstić information content (AvgIpc) is 2.97. The summed E-state index contributed by atoms with van der Waals surface area (Å²) in [6.45, 7) is 2.08. The van der Waals surface area contributed by atoms with Gasteiger partial charge in [0.25, 0.3) is 0 Å². The Bertz CT molecular complexity index is 974. The number of aromatic nitrogens is 3. The van der Waals surface area contributed by atoms with Gasteiger partial charge < -0.3 is 4.42 Å². The zero-order valence-electron chi connectivity index (χ0n) is 12.5. The lowest BCUT2D eigenvalue weighted by molar-refractivity contribution is 0.559. The molecule has 0 unspecified atom stereocenters. The Morgan fingerprint density at radius 3 is 3.04 bits per heavy atom. The third-order valence-electron chi connectivity index (χ3n) is 3.66. The third kappa shape index (κ3) is 2.46. The van der Waals surface area contributed by atoms with Crippen LogP contribution in [0.1, 0.15) is 24.7 Å². The molecule has 7 heteroatoms. The summed E-state index contributed by atoms with van der Waals surface area (Å²) in [5, 5.41) is 14.6. The maximum Gasteiger partial charge on any atom is 0.345 e. The Morgan fingerprint density at radius 2 is 2.17 bits per heavy atom. The summed E-state index contributed by atoms with van der Waals surface area (Å²) in [7, 11) is 0. The lowest BCUT2D eigenvalue weighted by Crippen LogP contribution is -2.21. The molecule has 0 spiro atoms. The summed E-state index contributed by atoms with van der Waals surface area (Å²) >= 11 is 1.53. The Kier molecular flexibility index (Phi) is 3.49. The van der Waals surface area contributed by atoms with Crippen molar-refractivity contribution in [3.05, 3.63) is 52.1 Å². The van der Waals surface area contributed by atoms with Crippen LogP contribution < -0.4 is 5.63 Å². The fourth-order valence-corrected chi connectivity index (χ4v) is 3.39. The molecule has 0 radical (unpaired) electrons. The highest BCUT2D eigenvalue weighted by molar-refractivity contribution is 7.99. The minimum absolute atomic E-state index is 0.364. The summed E-state index contributed by atoms with van der Waals surface area (Å²) < 4.78 is 7.14. The van der Waals surface area contributed by atoms with E-state index in [0.29, 0.717) is 22.6 Å². The molecule has 1 aliphatic heterocycles. The first-order valence-corrected chi connectivity index (χ1v) is 8.43. The molecular formula is C16H14N4O2S. The molecule has 3 heterocycles. The van der Waals surface area contributed by atoms with E-state index in [-0.39, 0.29) is 5.63 Å². The van der Waals surface area contributed by atoms with Gasteiger partial charge in [-0.1, -0.05) is 36.9 Å². The molecule has 2 aromatic heterocycles. The molecule has 1 aliphatic rings. The maximum absolute atomic E-state index is 12.3. The minimum Gasteiger partial charge on any atom is -0.422 e. The van der Waals surface area contributed by atoms with E-state index < -0.39 is 0 Å². The van der Waals surface area contributed by atoms with Gasteiger partial charge in [0.2, 0.25) is 5.16 Å². The number of para-hydroxylation sites is 1. The van der Waals surface area contributed by atoms with E-state index in [2.05, 4.69) is 22.2 Å². The second kappa shape index (κ2) is 5.66. The van der Waals surface area contributed by atoms with Crippen molar-refractivity contribution < 1.29 is 4.42 Å². The van der Waals surface area contributed by atoms with Crippen LogP contribution in [0.2, 0.25) is 0 Å². The van der Waals surface area contributed by atoms with E-state index in [1.54, 1.807) is 10.7 Å². The van der Waals surface area contributed by atoms with Crippen LogP contribution in [0.4, 0.5) is 0 Å². The van der Waals surface area contributed by atoms with Gasteiger partial charge in [-0.3, -0.25) is 0 Å². The van der Waals surface area contributed by atoms with Crippen molar-refractivity contribution in [1.82, 2.24) is 14.9 Å². The number of nitrogens with zero attached hydrogens (tertiary/aromatic N) is 4. The lowest BCUT2D eigenvalue weighted by Gasteiger charge is -2.13. The molecule has 0 N–H and O–H groups in total. The quantitative estimate of drug-likeness (QED) is 0.692. The fourth-order valence-electron chi connectivity index (χ4n) is 2.54. The van der Waals surface area contributed by atoms with E-state index in [4.69, 9.17) is 4.42 Å². The third-order valence-corrected chi connectivity index (χ3v) is 4.59. The molecule has 116 valence electrons. The fraction of sp³-hybridized carbons (Fsp3) is 0.250.